The summed E-state index contributed by atoms with van der Waals surface area (Å²) in [5.41, 5.74) is 1.23. The smallest absolute Gasteiger partial charge is 0.123 e. The van der Waals surface area contributed by atoms with Crippen LogP contribution in [0.2, 0.25) is 0 Å². The van der Waals surface area contributed by atoms with Gasteiger partial charge in [0.2, 0.25) is 0 Å². The fourth-order valence-electron chi connectivity index (χ4n) is 5.49. The van der Waals surface area contributed by atoms with Crippen molar-refractivity contribution in [2.45, 2.75) is 96.3 Å². The molecule has 2 aliphatic carbocycles. The highest BCUT2D eigenvalue weighted by Gasteiger charge is 2.31. The van der Waals surface area contributed by atoms with E-state index in [-0.39, 0.29) is 5.82 Å². The van der Waals surface area contributed by atoms with Gasteiger partial charge in [0.1, 0.15) is 5.82 Å². The quantitative estimate of drug-likeness (QED) is 0.441. The maximum Gasteiger partial charge on any atom is 0.123 e. The van der Waals surface area contributed by atoms with Gasteiger partial charge in [0, 0.05) is 0 Å². The van der Waals surface area contributed by atoms with E-state index in [2.05, 4.69) is 13.0 Å². The SMILES string of the molecule is CCCCCC[C@H]1CC[C@H](C2CCC(c3cccc(F)c3)CC2)CC1. The van der Waals surface area contributed by atoms with E-state index in [1.54, 1.807) is 12.1 Å². The van der Waals surface area contributed by atoms with Crippen molar-refractivity contribution >= 4 is 0 Å². The molecule has 0 heterocycles. The minimum absolute atomic E-state index is 0.0723. The van der Waals surface area contributed by atoms with Crippen LogP contribution in [0.25, 0.3) is 0 Å². The van der Waals surface area contributed by atoms with E-state index >= 15 is 0 Å². The summed E-state index contributed by atoms with van der Waals surface area (Å²) >= 11 is 0. The van der Waals surface area contributed by atoms with E-state index in [0.717, 1.165) is 17.8 Å². The molecule has 0 aliphatic heterocycles. The molecule has 0 nitrogen and oxygen atoms in total. The maximum absolute atomic E-state index is 13.5. The Bertz CT molecular complexity index is 493. The van der Waals surface area contributed by atoms with Crippen LogP contribution in [0.1, 0.15) is 102 Å². The molecule has 2 fully saturated rings. The van der Waals surface area contributed by atoms with Gasteiger partial charge in [-0.2, -0.15) is 0 Å². The molecule has 0 saturated heterocycles. The molecule has 1 aromatic carbocycles. The molecule has 0 unspecified atom stereocenters. The third kappa shape index (κ3) is 5.56. The molecule has 140 valence electrons. The second-order valence-electron chi connectivity index (χ2n) is 8.80. The lowest BCUT2D eigenvalue weighted by atomic mass is 9.68. The molecule has 0 amide bonds. The maximum atomic E-state index is 13.5. The van der Waals surface area contributed by atoms with Crippen molar-refractivity contribution in [3.63, 3.8) is 0 Å². The second kappa shape index (κ2) is 9.74. The van der Waals surface area contributed by atoms with E-state index in [0.29, 0.717) is 5.92 Å². The monoisotopic (exact) mass is 344 g/mol. The molecule has 0 N–H and O–H groups in total. The third-order valence-electron chi connectivity index (χ3n) is 7.12. The van der Waals surface area contributed by atoms with Crippen molar-refractivity contribution < 1.29 is 4.39 Å². The third-order valence-corrected chi connectivity index (χ3v) is 7.12. The molecule has 0 aromatic heterocycles. The van der Waals surface area contributed by atoms with E-state index < -0.39 is 0 Å². The first-order valence-corrected chi connectivity index (χ1v) is 11.0. The predicted molar refractivity (Wildman–Crippen MR) is 105 cm³/mol. The van der Waals surface area contributed by atoms with Gasteiger partial charge in [-0.25, -0.2) is 4.39 Å². The zero-order valence-corrected chi connectivity index (χ0v) is 16.2. The first kappa shape index (κ1) is 18.9. The molecular formula is C24H37F. The minimum Gasteiger partial charge on any atom is -0.207 e. The second-order valence-corrected chi connectivity index (χ2v) is 8.80. The molecule has 0 atom stereocenters. The van der Waals surface area contributed by atoms with Gasteiger partial charge in [0.25, 0.3) is 0 Å². The number of unbranched alkanes of at least 4 members (excludes halogenated alkanes) is 3. The van der Waals surface area contributed by atoms with Gasteiger partial charge in [-0.05, 0) is 79.9 Å². The van der Waals surface area contributed by atoms with Gasteiger partial charge in [-0.3, -0.25) is 0 Å². The highest BCUT2D eigenvalue weighted by molar-refractivity contribution is 5.21. The number of hydrogen-bond acceptors (Lipinski definition) is 0. The number of benzene rings is 1. The Balaban J connectivity index is 1.38. The van der Waals surface area contributed by atoms with Crippen molar-refractivity contribution in [2.24, 2.45) is 17.8 Å². The minimum atomic E-state index is -0.0723. The molecule has 0 radical (unpaired) electrons. The van der Waals surface area contributed by atoms with Gasteiger partial charge in [-0.15, -0.1) is 0 Å². The number of hydrogen-bond donors (Lipinski definition) is 0. The zero-order valence-electron chi connectivity index (χ0n) is 16.2. The summed E-state index contributed by atoms with van der Waals surface area (Å²) in [6, 6.07) is 7.32. The Morgan fingerprint density at radius 1 is 0.840 bits per heavy atom. The van der Waals surface area contributed by atoms with Gasteiger partial charge >= 0.3 is 0 Å². The lowest BCUT2D eigenvalue weighted by Gasteiger charge is -2.38. The highest BCUT2D eigenvalue weighted by atomic mass is 19.1. The van der Waals surface area contributed by atoms with Crippen molar-refractivity contribution in [2.75, 3.05) is 0 Å². The van der Waals surface area contributed by atoms with Crippen molar-refractivity contribution in [1.29, 1.82) is 0 Å². The standard InChI is InChI=1S/C24H37F/c1-2-3-4-5-7-19-10-12-20(13-11-19)21-14-16-22(17-15-21)23-8-6-9-24(25)18-23/h6,8-9,18-22H,2-5,7,10-17H2,1H3/t19-,20-,21?,22?. The number of halogens is 1. The van der Waals surface area contributed by atoms with Crippen LogP contribution in [0.4, 0.5) is 4.39 Å². The van der Waals surface area contributed by atoms with Crippen LogP contribution in [-0.2, 0) is 0 Å². The Morgan fingerprint density at radius 3 is 2.16 bits per heavy atom. The average Bonchev–Trinajstić information content (AvgIpc) is 2.66. The largest absolute Gasteiger partial charge is 0.207 e. The normalized spacial score (nSPS) is 30.3. The Labute approximate surface area is 154 Å². The van der Waals surface area contributed by atoms with Crippen LogP contribution in [0.3, 0.4) is 0 Å². The van der Waals surface area contributed by atoms with Gasteiger partial charge in [0.15, 0.2) is 0 Å². The van der Waals surface area contributed by atoms with Crippen LogP contribution in [0.5, 0.6) is 0 Å². The average molecular weight is 345 g/mol. The van der Waals surface area contributed by atoms with Crippen molar-refractivity contribution in [3.8, 4) is 0 Å². The Hall–Kier alpha value is -0.850. The molecule has 1 aromatic rings. The van der Waals surface area contributed by atoms with Gasteiger partial charge < -0.3 is 0 Å². The lowest BCUT2D eigenvalue weighted by Crippen LogP contribution is -2.25. The van der Waals surface area contributed by atoms with E-state index in [9.17, 15) is 4.39 Å². The molecule has 2 aliphatic rings. The Kier molecular flexibility index (Phi) is 7.37. The summed E-state index contributed by atoms with van der Waals surface area (Å²) in [6.45, 7) is 2.30. The van der Waals surface area contributed by atoms with Crippen LogP contribution in [0, 0.1) is 23.6 Å². The summed E-state index contributed by atoms with van der Waals surface area (Å²) in [6.07, 6.45) is 18.4. The predicted octanol–water partition coefficient (Wildman–Crippen LogP) is 7.88. The summed E-state index contributed by atoms with van der Waals surface area (Å²) in [5.74, 6) is 3.49. The Morgan fingerprint density at radius 2 is 1.52 bits per heavy atom. The highest BCUT2D eigenvalue weighted by Crippen LogP contribution is 2.44. The summed E-state index contributed by atoms with van der Waals surface area (Å²) < 4.78 is 13.5. The van der Waals surface area contributed by atoms with E-state index in [4.69, 9.17) is 0 Å². The van der Waals surface area contributed by atoms with Crippen LogP contribution in [-0.4, -0.2) is 0 Å². The summed E-state index contributed by atoms with van der Waals surface area (Å²) in [4.78, 5) is 0. The van der Waals surface area contributed by atoms with Crippen LogP contribution >= 0.6 is 0 Å². The first-order valence-electron chi connectivity index (χ1n) is 11.0. The lowest BCUT2D eigenvalue weighted by molar-refractivity contribution is 0.155. The zero-order chi connectivity index (χ0) is 17.5. The molecule has 0 spiro atoms. The summed E-state index contributed by atoms with van der Waals surface area (Å²) in [5, 5.41) is 0. The fourth-order valence-corrected chi connectivity index (χ4v) is 5.49. The van der Waals surface area contributed by atoms with Gasteiger partial charge in [-0.1, -0.05) is 64.0 Å². The molecule has 2 saturated carbocycles. The first-order chi connectivity index (χ1) is 12.3. The fraction of sp³-hybridized carbons (Fsp3) is 0.750. The van der Waals surface area contributed by atoms with E-state index in [1.165, 1.54) is 89.0 Å². The van der Waals surface area contributed by atoms with Crippen molar-refractivity contribution in [3.05, 3.63) is 35.6 Å². The van der Waals surface area contributed by atoms with Crippen molar-refractivity contribution in [1.82, 2.24) is 0 Å². The van der Waals surface area contributed by atoms with Crippen LogP contribution < -0.4 is 0 Å². The number of rotatable bonds is 7. The summed E-state index contributed by atoms with van der Waals surface area (Å²) in [7, 11) is 0. The molecule has 25 heavy (non-hydrogen) atoms. The molecule has 3 rings (SSSR count). The van der Waals surface area contributed by atoms with Gasteiger partial charge in [0.05, 0.1) is 0 Å². The topological polar surface area (TPSA) is 0 Å². The molecular weight excluding hydrogens is 307 g/mol. The molecule has 1 heteroatoms. The molecule has 0 bridgehead atoms. The van der Waals surface area contributed by atoms with Crippen LogP contribution in [0.15, 0.2) is 24.3 Å². The van der Waals surface area contributed by atoms with E-state index in [1.807, 2.05) is 6.07 Å².